The minimum absolute atomic E-state index is 0.294. The lowest BCUT2D eigenvalue weighted by molar-refractivity contribution is 0.0829. The first kappa shape index (κ1) is 13.0. The molecule has 2 nitrogen and oxygen atoms in total. The maximum absolute atomic E-state index is 3.66. The van der Waals surface area contributed by atoms with E-state index in [1.54, 1.807) is 0 Å². The van der Waals surface area contributed by atoms with E-state index in [4.69, 9.17) is 0 Å². The largest absolute Gasteiger partial charge is 0.309 e. The van der Waals surface area contributed by atoms with Gasteiger partial charge in [0.1, 0.15) is 0 Å². The van der Waals surface area contributed by atoms with Crippen molar-refractivity contribution in [3.63, 3.8) is 0 Å². The van der Waals surface area contributed by atoms with Crippen LogP contribution in [0.3, 0.4) is 0 Å². The van der Waals surface area contributed by atoms with Crippen LogP contribution >= 0.6 is 0 Å². The third-order valence-electron chi connectivity index (χ3n) is 3.19. The maximum atomic E-state index is 3.66. The molecule has 1 saturated heterocycles. The lowest BCUT2D eigenvalue weighted by atomic mass is 9.94. The quantitative estimate of drug-likeness (QED) is 0.770. The van der Waals surface area contributed by atoms with Gasteiger partial charge in [0.2, 0.25) is 0 Å². The topological polar surface area (TPSA) is 15.3 Å². The Kier molecular flexibility index (Phi) is 4.60. The van der Waals surface area contributed by atoms with Gasteiger partial charge in [-0.3, -0.25) is 4.90 Å². The Morgan fingerprint density at radius 2 is 2.07 bits per heavy atom. The molecule has 0 spiro atoms. The summed E-state index contributed by atoms with van der Waals surface area (Å²) in [7, 11) is 0. The SMILES string of the molecule is CCCN1CC(C)(C)NCC1CC(C)C. The Morgan fingerprint density at radius 1 is 1.40 bits per heavy atom. The number of hydrogen-bond donors (Lipinski definition) is 1. The fourth-order valence-electron chi connectivity index (χ4n) is 2.54. The minimum atomic E-state index is 0.294. The Bertz CT molecular complexity index is 187. The van der Waals surface area contributed by atoms with E-state index in [-0.39, 0.29) is 0 Å². The Labute approximate surface area is 95.4 Å². The molecule has 1 atom stereocenters. The third kappa shape index (κ3) is 4.12. The van der Waals surface area contributed by atoms with Crippen molar-refractivity contribution in [1.82, 2.24) is 10.2 Å². The van der Waals surface area contributed by atoms with Gasteiger partial charge in [0, 0.05) is 24.7 Å². The van der Waals surface area contributed by atoms with Crippen LogP contribution < -0.4 is 5.32 Å². The van der Waals surface area contributed by atoms with Crippen LogP contribution in [0.2, 0.25) is 0 Å². The van der Waals surface area contributed by atoms with E-state index in [0.717, 1.165) is 18.5 Å². The molecule has 0 aromatic carbocycles. The van der Waals surface area contributed by atoms with E-state index in [1.807, 2.05) is 0 Å². The highest BCUT2D eigenvalue weighted by atomic mass is 15.2. The van der Waals surface area contributed by atoms with Gasteiger partial charge in [-0.05, 0) is 39.2 Å². The second-order valence-corrected chi connectivity index (χ2v) is 6.02. The first-order chi connectivity index (χ1) is 6.94. The molecule has 2 heteroatoms. The average molecular weight is 212 g/mol. The van der Waals surface area contributed by atoms with Crippen molar-refractivity contribution in [1.29, 1.82) is 0 Å². The summed E-state index contributed by atoms with van der Waals surface area (Å²) in [5.41, 5.74) is 0.294. The van der Waals surface area contributed by atoms with Gasteiger partial charge in [0.25, 0.3) is 0 Å². The molecule has 1 fully saturated rings. The van der Waals surface area contributed by atoms with Gasteiger partial charge >= 0.3 is 0 Å². The molecule has 90 valence electrons. The zero-order valence-electron chi connectivity index (χ0n) is 11.1. The minimum Gasteiger partial charge on any atom is -0.309 e. The molecule has 0 bridgehead atoms. The first-order valence-corrected chi connectivity index (χ1v) is 6.43. The van der Waals surface area contributed by atoms with Crippen LogP contribution in [0.4, 0.5) is 0 Å². The van der Waals surface area contributed by atoms with Gasteiger partial charge in [-0.15, -0.1) is 0 Å². The lowest BCUT2D eigenvalue weighted by Crippen LogP contribution is -2.61. The molecule has 0 aromatic heterocycles. The Balaban J connectivity index is 2.55. The second kappa shape index (κ2) is 5.31. The zero-order chi connectivity index (χ0) is 11.5. The summed E-state index contributed by atoms with van der Waals surface area (Å²) in [5.74, 6) is 0.803. The fraction of sp³-hybridized carbons (Fsp3) is 1.00. The van der Waals surface area contributed by atoms with E-state index in [0.29, 0.717) is 5.54 Å². The van der Waals surface area contributed by atoms with Gasteiger partial charge in [-0.2, -0.15) is 0 Å². The summed E-state index contributed by atoms with van der Waals surface area (Å²) in [6.07, 6.45) is 2.59. The number of rotatable bonds is 4. The van der Waals surface area contributed by atoms with Crippen LogP contribution in [0.1, 0.15) is 47.5 Å². The molecule has 1 N–H and O–H groups in total. The summed E-state index contributed by atoms with van der Waals surface area (Å²) in [6, 6.07) is 0.748. The normalized spacial score (nSPS) is 27.2. The smallest absolute Gasteiger partial charge is 0.0252 e. The first-order valence-electron chi connectivity index (χ1n) is 6.43. The maximum Gasteiger partial charge on any atom is 0.0252 e. The van der Waals surface area contributed by atoms with Gasteiger partial charge < -0.3 is 5.32 Å². The molecule has 0 aromatic rings. The highest BCUT2D eigenvalue weighted by Gasteiger charge is 2.31. The molecular formula is C13H28N2. The second-order valence-electron chi connectivity index (χ2n) is 6.02. The Morgan fingerprint density at radius 3 is 2.60 bits per heavy atom. The molecule has 1 rings (SSSR count). The zero-order valence-corrected chi connectivity index (χ0v) is 11.1. The van der Waals surface area contributed by atoms with Gasteiger partial charge in [-0.25, -0.2) is 0 Å². The molecule has 0 saturated carbocycles. The molecule has 0 aliphatic carbocycles. The predicted octanol–water partition coefficient (Wildman–Crippen LogP) is 2.49. The van der Waals surface area contributed by atoms with Gasteiger partial charge in [-0.1, -0.05) is 20.8 Å². The van der Waals surface area contributed by atoms with Crippen molar-refractivity contribution in [2.75, 3.05) is 19.6 Å². The third-order valence-corrected chi connectivity index (χ3v) is 3.19. The van der Waals surface area contributed by atoms with Crippen molar-refractivity contribution in [2.45, 2.75) is 59.0 Å². The van der Waals surface area contributed by atoms with Crippen molar-refractivity contribution in [3.05, 3.63) is 0 Å². The van der Waals surface area contributed by atoms with Crippen molar-refractivity contribution in [2.24, 2.45) is 5.92 Å². The number of nitrogens with zero attached hydrogens (tertiary/aromatic N) is 1. The van der Waals surface area contributed by atoms with E-state index in [9.17, 15) is 0 Å². The molecular weight excluding hydrogens is 184 g/mol. The molecule has 1 aliphatic heterocycles. The molecule has 1 unspecified atom stereocenters. The predicted molar refractivity (Wildman–Crippen MR) is 67.2 cm³/mol. The van der Waals surface area contributed by atoms with Crippen LogP contribution in [0.25, 0.3) is 0 Å². The van der Waals surface area contributed by atoms with E-state index >= 15 is 0 Å². The molecule has 1 heterocycles. The fourth-order valence-corrected chi connectivity index (χ4v) is 2.54. The number of hydrogen-bond acceptors (Lipinski definition) is 2. The summed E-state index contributed by atoms with van der Waals surface area (Å²) >= 11 is 0. The van der Waals surface area contributed by atoms with Crippen LogP contribution in [-0.2, 0) is 0 Å². The molecule has 0 radical (unpaired) electrons. The van der Waals surface area contributed by atoms with Crippen LogP contribution in [0.15, 0.2) is 0 Å². The number of piperazine rings is 1. The van der Waals surface area contributed by atoms with E-state index in [2.05, 4.69) is 44.8 Å². The monoisotopic (exact) mass is 212 g/mol. The van der Waals surface area contributed by atoms with E-state index in [1.165, 1.54) is 25.9 Å². The standard InChI is InChI=1S/C13H28N2/c1-6-7-15-10-13(4,5)14-9-12(15)8-11(2)3/h11-12,14H,6-10H2,1-5H3. The molecule has 1 aliphatic rings. The van der Waals surface area contributed by atoms with Crippen LogP contribution in [0, 0.1) is 5.92 Å². The van der Waals surface area contributed by atoms with Gasteiger partial charge in [0.05, 0.1) is 0 Å². The van der Waals surface area contributed by atoms with Crippen LogP contribution in [-0.4, -0.2) is 36.1 Å². The highest BCUT2D eigenvalue weighted by molar-refractivity contribution is 4.92. The average Bonchev–Trinajstić information content (AvgIpc) is 2.09. The van der Waals surface area contributed by atoms with Crippen molar-refractivity contribution >= 4 is 0 Å². The van der Waals surface area contributed by atoms with Crippen molar-refractivity contribution in [3.8, 4) is 0 Å². The Hall–Kier alpha value is -0.0800. The van der Waals surface area contributed by atoms with E-state index < -0.39 is 0 Å². The molecule has 15 heavy (non-hydrogen) atoms. The lowest BCUT2D eigenvalue weighted by Gasteiger charge is -2.45. The number of nitrogens with one attached hydrogen (secondary N) is 1. The van der Waals surface area contributed by atoms with Crippen LogP contribution in [0.5, 0.6) is 0 Å². The summed E-state index contributed by atoms with van der Waals surface area (Å²) in [6.45, 7) is 15.1. The summed E-state index contributed by atoms with van der Waals surface area (Å²) in [4.78, 5) is 2.68. The molecule has 0 amide bonds. The van der Waals surface area contributed by atoms with Crippen molar-refractivity contribution < 1.29 is 0 Å². The summed E-state index contributed by atoms with van der Waals surface area (Å²) in [5, 5.41) is 3.66. The highest BCUT2D eigenvalue weighted by Crippen LogP contribution is 2.20. The van der Waals surface area contributed by atoms with Gasteiger partial charge in [0.15, 0.2) is 0 Å². The summed E-state index contributed by atoms with van der Waals surface area (Å²) < 4.78 is 0.